The molecule has 1 saturated heterocycles. The van der Waals surface area contributed by atoms with Crippen molar-refractivity contribution in [2.45, 2.75) is 138 Å². The van der Waals surface area contributed by atoms with Crippen molar-refractivity contribution in [1.82, 2.24) is 20.9 Å². The number of likely N-dealkylation sites (N-methyl/N-ethyl adjacent to an activating group) is 2. The first kappa shape index (κ1) is 41.6. The van der Waals surface area contributed by atoms with E-state index in [-0.39, 0.29) is 24.7 Å². The van der Waals surface area contributed by atoms with Gasteiger partial charge in [-0.2, -0.15) is 0 Å². The van der Waals surface area contributed by atoms with Crippen molar-refractivity contribution in [3.05, 3.63) is 0 Å². The Bertz CT molecular complexity index is 618. The van der Waals surface area contributed by atoms with Crippen LogP contribution >= 0.6 is 0 Å². The smallest absolute Gasteiger partial charge is 0.289 e. The Hall–Kier alpha value is -1.84. The van der Waals surface area contributed by atoms with Gasteiger partial charge in [-0.05, 0) is 58.5 Å². The number of nitrogens with zero attached hydrogens (tertiary/aromatic N) is 1. The topological polar surface area (TPSA) is 128 Å². The van der Waals surface area contributed by atoms with Crippen LogP contribution in [0.1, 0.15) is 120 Å². The average molecular weight is 559 g/mol. The molecule has 0 bridgehead atoms. The molecule has 1 aliphatic heterocycles. The van der Waals surface area contributed by atoms with Gasteiger partial charge >= 0.3 is 0 Å². The minimum Gasteiger partial charge on any atom is -0.381 e. The van der Waals surface area contributed by atoms with Crippen LogP contribution in [-0.4, -0.2) is 78.9 Å². The summed E-state index contributed by atoms with van der Waals surface area (Å²) in [5.74, 6) is -0.920. The standard InChI is InChI=1S/C15H27N3O3.C11H23NO2.2C2H6/c1-4-6-8-11(13(19)15(21)16-5-2)17-14(20)12-9-7-10-18(12)3;1-3-5-7-10(6-4-2)11(8-13)12-9-14;2*1-2/h11-12H,4-10H2,1-3H3,(H,16,21)(H,17,20);8,10-12,14H,3-7,9H2,1-2H3;2*1-2H3. The van der Waals surface area contributed by atoms with E-state index in [0.717, 1.165) is 70.6 Å². The normalized spacial score (nSPS) is 16.5. The number of amides is 2. The van der Waals surface area contributed by atoms with Crippen LogP contribution in [0.25, 0.3) is 0 Å². The zero-order chi connectivity index (χ0) is 30.6. The third kappa shape index (κ3) is 19.0. The second-order valence-electron chi connectivity index (χ2n) is 9.28. The molecule has 4 unspecified atom stereocenters. The number of carbonyl (C=O) groups is 4. The molecule has 0 radical (unpaired) electrons. The average Bonchev–Trinajstić information content (AvgIpc) is 3.40. The van der Waals surface area contributed by atoms with E-state index in [9.17, 15) is 19.2 Å². The van der Waals surface area contributed by atoms with E-state index in [1.54, 1.807) is 6.92 Å². The van der Waals surface area contributed by atoms with E-state index in [4.69, 9.17) is 5.11 Å². The van der Waals surface area contributed by atoms with Crippen LogP contribution in [0.5, 0.6) is 0 Å². The van der Waals surface area contributed by atoms with E-state index in [2.05, 4.69) is 29.8 Å². The summed E-state index contributed by atoms with van der Waals surface area (Å²) in [5.41, 5.74) is 0. The summed E-state index contributed by atoms with van der Waals surface area (Å²) >= 11 is 0. The highest BCUT2D eigenvalue weighted by Gasteiger charge is 2.32. The monoisotopic (exact) mass is 558 g/mol. The second-order valence-corrected chi connectivity index (χ2v) is 9.28. The highest BCUT2D eigenvalue weighted by molar-refractivity contribution is 6.38. The molecule has 0 aromatic heterocycles. The lowest BCUT2D eigenvalue weighted by atomic mass is 9.90. The van der Waals surface area contributed by atoms with Gasteiger partial charge in [0.15, 0.2) is 0 Å². The van der Waals surface area contributed by atoms with Crippen LogP contribution in [-0.2, 0) is 19.2 Å². The van der Waals surface area contributed by atoms with Gasteiger partial charge in [0.2, 0.25) is 11.7 Å². The molecule has 4 atom stereocenters. The number of nitrogens with one attached hydrogen (secondary N) is 3. The first-order valence-corrected chi connectivity index (χ1v) is 15.4. The zero-order valence-corrected chi connectivity index (χ0v) is 26.6. The number of unbranched alkanes of at least 4 members (excludes halogenated alkanes) is 2. The summed E-state index contributed by atoms with van der Waals surface area (Å²) in [6.45, 7) is 17.2. The van der Waals surface area contributed by atoms with Gasteiger partial charge in [0.1, 0.15) is 6.29 Å². The van der Waals surface area contributed by atoms with Gasteiger partial charge in [0.25, 0.3) is 5.91 Å². The lowest BCUT2D eigenvalue weighted by Crippen LogP contribution is -2.51. The van der Waals surface area contributed by atoms with Crippen molar-refractivity contribution in [3.63, 3.8) is 0 Å². The van der Waals surface area contributed by atoms with Crippen LogP contribution in [0.2, 0.25) is 0 Å². The van der Waals surface area contributed by atoms with Crippen LogP contribution in [0.4, 0.5) is 0 Å². The molecule has 39 heavy (non-hydrogen) atoms. The molecule has 9 nitrogen and oxygen atoms in total. The first-order chi connectivity index (χ1) is 18.8. The van der Waals surface area contributed by atoms with Crippen LogP contribution < -0.4 is 16.0 Å². The molecule has 9 heteroatoms. The fourth-order valence-electron chi connectivity index (χ4n) is 4.36. The Balaban J connectivity index is -0.000000627. The number of Topliss-reactive ketones (excluding diaryl/α,β-unsaturated/α-hetero) is 1. The Kier molecular flexibility index (Phi) is 31.1. The summed E-state index contributed by atoms with van der Waals surface area (Å²) < 4.78 is 0. The van der Waals surface area contributed by atoms with Gasteiger partial charge in [-0.3, -0.25) is 24.6 Å². The minimum atomic E-state index is -0.710. The van der Waals surface area contributed by atoms with Gasteiger partial charge in [0.05, 0.1) is 24.9 Å². The van der Waals surface area contributed by atoms with Crippen molar-refractivity contribution in [2.75, 3.05) is 26.9 Å². The SMILES string of the molecule is CC.CC.CCCCC(CCC)C(C=O)NCO.CCCCC(NC(=O)C1CCCN1C)C(=O)C(=O)NCC. The summed E-state index contributed by atoms with van der Waals surface area (Å²) in [4.78, 5) is 48.9. The molecule has 1 aliphatic rings. The zero-order valence-electron chi connectivity index (χ0n) is 26.6. The Morgan fingerprint density at radius 3 is 1.97 bits per heavy atom. The Labute approximate surface area is 239 Å². The van der Waals surface area contributed by atoms with E-state index in [1.807, 2.05) is 46.6 Å². The number of aliphatic hydroxyl groups is 1. The largest absolute Gasteiger partial charge is 0.381 e. The van der Waals surface area contributed by atoms with E-state index in [0.29, 0.717) is 18.9 Å². The van der Waals surface area contributed by atoms with Crippen LogP contribution in [0.3, 0.4) is 0 Å². The predicted octanol–water partition coefficient (Wildman–Crippen LogP) is 4.21. The molecular formula is C30H62N4O5. The number of aldehydes is 1. The quantitative estimate of drug-likeness (QED) is 0.120. The third-order valence-electron chi connectivity index (χ3n) is 6.43. The number of hydrogen-bond donors (Lipinski definition) is 4. The molecule has 1 rings (SSSR count). The highest BCUT2D eigenvalue weighted by Crippen LogP contribution is 2.18. The summed E-state index contributed by atoms with van der Waals surface area (Å²) in [6.07, 6.45) is 10.5. The van der Waals surface area contributed by atoms with Gasteiger partial charge < -0.3 is 20.5 Å². The molecule has 0 saturated carbocycles. The van der Waals surface area contributed by atoms with Crippen molar-refractivity contribution in [3.8, 4) is 0 Å². The van der Waals surface area contributed by atoms with E-state index < -0.39 is 17.7 Å². The fraction of sp³-hybridized carbons (Fsp3) is 0.867. The van der Waals surface area contributed by atoms with Crippen molar-refractivity contribution < 1.29 is 24.3 Å². The van der Waals surface area contributed by atoms with Crippen molar-refractivity contribution >= 4 is 23.9 Å². The van der Waals surface area contributed by atoms with Crippen molar-refractivity contribution in [1.29, 1.82) is 0 Å². The number of aliphatic hydroxyl groups excluding tert-OH is 1. The van der Waals surface area contributed by atoms with Crippen LogP contribution in [0, 0.1) is 5.92 Å². The number of rotatable bonds is 17. The van der Waals surface area contributed by atoms with E-state index >= 15 is 0 Å². The maximum atomic E-state index is 12.3. The fourth-order valence-corrected chi connectivity index (χ4v) is 4.36. The summed E-state index contributed by atoms with van der Waals surface area (Å²) in [5, 5.41) is 16.8. The molecule has 1 fully saturated rings. The molecular weight excluding hydrogens is 496 g/mol. The molecule has 0 aliphatic carbocycles. The summed E-state index contributed by atoms with van der Waals surface area (Å²) in [6, 6.07) is -1.07. The predicted molar refractivity (Wildman–Crippen MR) is 161 cm³/mol. The number of hydrogen-bond acceptors (Lipinski definition) is 7. The molecule has 2 amide bonds. The molecule has 1 heterocycles. The number of likely N-dealkylation sites (tertiary alicyclic amines) is 1. The second kappa shape index (κ2) is 29.2. The van der Waals surface area contributed by atoms with Gasteiger partial charge in [0, 0.05) is 6.54 Å². The lowest BCUT2D eigenvalue weighted by Gasteiger charge is -2.23. The molecule has 232 valence electrons. The molecule has 0 aromatic carbocycles. The van der Waals surface area contributed by atoms with Gasteiger partial charge in [-0.15, -0.1) is 0 Å². The maximum Gasteiger partial charge on any atom is 0.289 e. The molecule has 4 N–H and O–H groups in total. The lowest BCUT2D eigenvalue weighted by molar-refractivity contribution is -0.140. The first-order valence-electron chi connectivity index (χ1n) is 15.4. The maximum absolute atomic E-state index is 12.3. The minimum absolute atomic E-state index is 0.115. The number of ketones is 1. The van der Waals surface area contributed by atoms with Crippen molar-refractivity contribution in [2.24, 2.45) is 5.92 Å². The van der Waals surface area contributed by atoms with Crippen LogP contribution in [0.15, 0.2) is 0 Å². The molecule has 0 spiro atoms. The number of carbonyl (C=O) groups excluding carboxylic acids is 4. The van der Waals surface area contributed by atoms with E-state index in [1.165, 1.54) is 0 Å². The Morgan fingerprint density at radius 1 is 0.949 bits per heavy atom. The summed E-state index contributed by atoms with van der Waals surface area (Å²) in [7, 11) is 1.91. The highest BCUT2D eigenvalue weighted by atomic mass is 16.3. The van der Waals surface area contributed by atoms with Gasteiger partial charge in [-0.1, -0.05) is 80.6 Å². The molecule has 0 aromatic rings. The Morgan fingerprint density at radius 2 is 1.54 bits per heavy atom. The third-order valence-corrected chi connectivity index (χ3v) is 6.43. The van der Waals surface area contributed by atoms with Gasteiger partial charge in [-0.25, -0.2) is 0 Å².